The van der Waals surface area contributed by atoms with Gasteiger partial charge in [0.2, 0.25) is 0 Å². The van der Waals surface area contributed by atoms with E-state index in [1.807, 2.05) is 17.9 Å². The van der Waals surface area contributed by atoms with Gasteiger partial charge in [-0.1, -0.05) is 6.07 Å². The van der Waals surface area contributed by atoms with Gasteiger partial charge < -0.3 is 9.88 Å². The molecular weight excluding hydrogens is 260 g/mol. The SMILES string of the molecule is Cn1ccc(Cn2ccc3cc(CNC4CC4)ccc32)n1. The molecule has 2 aromatic heterocycles. The Morgan fingerprint density at radius 1 is 1.19 bits per heavy atom. The van der Waals surface area contributed by atoms with E-state index in [0.717, 1.165) is 24.8 Å². The average molecular weight is 280 g/mol. The molecule has 4 nitrogen and oxygen atoms in total. The molecule has 108 valence electrons. The molecule has 21 heavy (non-hydrogen) atoms. The van der Waals surface area contributed by atoms with Crippen LogP contribution >= 0.6 is 0 Å². The highest BCUT2D eigenvalue weighted by molar-refractivity contribution is 5.81. The van der Waals surface area contributed by atoms with Gasteiger partial charge in [-0.3, -0.25) is 4.68 Å². The topological polar surface area (TPSA) is 34.8 Å². The summed E-state index contributed by atoms with van der Waals surface area (Å²) in [6.45, 7) is 1.80. The molecule has 1 fully saturated rings. The maximum Gasteiger partial charge on any atom is 0.0821 e. The van der Waals surface area contributed by atoms with E-state index in [4.69, 9.17) is 0 Å². The van der Waals surface area contributed by atoms with Gasteiger partial charge in [0, 0.05) is 37.5 Å². The fourth-order valence-electron chi connectivity index (χ4n) is 2.77. The fraction of sp³-hybridized carbons (Fsp3) is 0.353. The molecule has 0 aliphatic heterocycles. The molecule has 0 amide bonds. The van der Waals surface area contributed by atoms with Crippen molar-refractivity contribution < 1.29 is 0 Å². The molecule has 0 radical (unpaired) electrons. The highest BCUT2D eigenvalue weighted by Crippen LogP contribution is 2.21. The second kappa shape index (κ2) is 5.04. The van der Waals surface area contributed by atoms with Crippen LogP contribution in [0.15, 0.2) is 42.7 Å². The maximum absolute atomic E-state index is 4.45. The third-order valence-corrected chi connectivity index (χ3v) is 4.11. The zero-order valence-electron chi connectivity index (χ0n) is 12.3. The molecule has 1 N–H and O–H groups in total. The van der Waals surface area contributed by atoms with Gasteiger partial charge in [0.15, 0.2) is 0 Å². The third-order valence-electron chi connectivity index (χ3n) is 4.11. The van der Waals surface area contributed by atoms with Crippen molar-refractivity contribution in [3.8, 4) is 0 Å². The largest absolute Gasteiger partial charge is 0.341 e. The van der Waals surface area contributed by atoms with E-state index in [9.17, 15) is 0 Å². The van der Waals surface area contributed by atoms with Gasteiger partial charge >= 0.3 is 0 Å². The third kappa shape index (κ3) is 2.72. The fourth-order valence-corrected chi connectivity index (χ4v) is 2.77. The van der Waals surface area contributed by atoms with Crippen LogP contribution in [0, 0.1) is 0 Å². The highest BCUT2D eigenvalue weighted by Gasteiger charge is 2.19. The van der Waals surface area contributed by atoms with Crippen molar-refractivity contribution >= 4 is 10.9 Å². The molecule has 0 saturated heterocycles. The number of hydrogen-bond donors (Lipinski definition) is 1. The first-order valence-corrected chi connectivity index (χ1v) is 7.57. The van der Waals surface area contributed by atoms with Crippen LogP contribution in [0.1, 0.15) is 24.1 Å². The molecule has 1 aromatic carbocycles. The van der Waals surface area contributed by atoms with E-state index >= 15 is 0 Å². The minimum atomic E-state index is 0.759. The lowest BCUT2D eigenvalue weighted by molar-refractivity contribution is 0.688. The molecule has 3 aromatic rings. The summed E-state index contributed by atoms with van der Waals surface area (Å²) in [6, 6.07) is 11.8. The number of hydrogen-bond acceptors (Lipinski definition) is 2. The number of benzene rings is 1. The molecule has 1 aliphatic carbocycles. The Labute approximate surface area is 124 Å². The van der Waals surface area contributed by atoms with Gasteiger partial charge in [-0.05, 0) is 48.1 Å². The number of rotatable bonds is 5. The molecule has 0 unspecified atom stereocenters. The minimum Gasteiger partial charge on any atom is -0.341 e. The van der Waals surface area contributed by atoms with Gasteiger partial charge in [-0.15, -0.1) is 0 Å². The van der Waals surface area contributed by atoms with Crippen molar-refractivity contribution in [1.82, 2.24) is 19.7 Å². The Bertz CT molecular complexity index is 764. The smallest absolute Gasteiger partial charge is 0.0821 e. The molecule has 1 saturated carbocycles. The van der Waals surface area contributed by atoms with Crippen LogP contribution in [0.2, 0.25) is 0 Å². The summed E-state index contributed by atoms with van der Waals surface area (Å²) < 4.78 is 4.11. The van der Waals surface area contributed by atoms with Crippen LogP contribution in [-0.2, 0) is 20.1 Å². The Kier molecular flexibility index (Phi) is 3.04. The lowest BCUT2D eigenvalue weighted by atomic mass is 10.1. The zero-order valence-corrected chi connectivity index (χ0v) is 12.3. The van der Waals surface area contributed by atoms with Gasteiger partial charge in [0.1, 0.15) is 0 Å². The standard InChI is InChI=1S/C17H20N4/c1-20-8-7-16(19-20)12-21-9-6-14-10-13(2-5-17(14)21)11-18-15-3-4-15/h2,5-10,15,18H,3-4,11-12H2,1H3. The van der Waals surface area contributed by atoms with Crippen LogP contribution in [-0.4, -0.2) is 20.4 Å². The lowest BCUT2D eigenvalue weighted by Gasteiger charge is -2.06. The molecule has 4 rings (SSSR count). The number of nitrogens with zero attached hydrogens (tertiary/aromatic N) is 3. The predicted molar refractivity (Wildman–Crippen MR) is 84.1 cm³/mol. The second-order valence-electron chi connectivity index (χ2n) is 5.97. The van der Waals surface area contributed by atoms with E-state index in [1.54, 1.807) is 0 Å². The summed E-state index contributed by atoms with van der Waals surface area (Å²) in [7, 11) is 1.95. The van der Waals surface area contributed by atoms with E-state index in [1.165, 1.54) is 29.3 Å². The number of aromatic nitrogens is 3. The Hall–Kier alpha value is -2.07. The van der Waals surface area contributed by atoms with Crippen molar-refractivity contribution in [2.75, 3.05) is 0 Å². The van der Waals surface area contributed by atoms with Gasteiger partial charge in [0.25, 0.3) is 0 Å². The number of nitrogens with one attached hydrogen (secondary N) is 1. The quantitative estimate of drug-likeness (QED) is 0.780. The molecular formula is C17H20N4. The van der Waals surface area contributed by atoms with Crippen LogP contribution in [0.25, 0.3) is 10.9 Å². The first-order valence-electron chi connectivity index (χ1n) is 7.57. The first kappa shape index (κ1) is 12.7. The molecule has 0 atom stereocenters. The summed E-state index contributed by atoms with van der Waals surface area (Å²) in [4.78, 5) is 0. The first-order chi connectivity index (χ1) is 10.3. The minimum absolute atomic E-state index is 0.759. The number of aryl methyl sites for hydroxylation is 1. The van der Waals surface area contributed by atoms with Gasteiger partial charge in [0.05, 0.1) is 12.2 Å². The Morgan fingerprint density at radius 3 is 2.86 bits per heavy atom. The normalized spacial score (nSPS) is 14.9. The van der Waals surface area contributed by atoms with Crippen molar-refractivity contribution in [1.29, 1.82) is 0 Å². The van der Waals surface area contributed by atoms with Gasteiger partial charge in [-0.25, -0.2) is 0 Å². The Morgan fingerprint density at radius 2 is 2.10 bits per heavy atom. The zero-order chi connectivity index (χ0) is 14.2. The van der Waals surface area contributed by atoms with Crippen molar-refractivity contribution in [3.05, 3.63) is 54.0 Å². The van der Waals surface area contributed by atoms with Gasteiger partial charge in [-0.2, -0.15) is 5.10 Å². The number of fused-ring (bicyclic) bond motifs is 1. The van der Waals surface area contributed by atoms with E-state index in [-0.39, 0.29) is 0 Å². The molecule has 4 heteroatoms. The highest BCUT2D eigenvalue weighted by atomic mass is 15.3. The lowest BCUT2D eigenvalue weighted by Crippen LogP contribution is -2.15. The van der Waals surface area contributed by atoms with E-state index < -0.39 is 0 Å². The molecule has 0 bridgehead atoms. The predicted octanol–water partition coefficient (Wildman–Crippen LogP) is 2.68. The summed E-state index contributed by atoms with van der Waals surface area (Å²) in [5.41, 5.74) is 3.73. The Balaban J connectivity index is 1.56. The molecule has 2 heterocycles. The van der Waals surface area contributed by atoms with Crippen LogP contribution < -0.4 is 5.32 Å². The van der Waals surface area contributed by atoms with Crippen LogP contribution in [0.4, 0.5) is 0 Å². The molecule has 1 aliphatic rings. The second-order valence-corrected chi connectivity index (χ2v) is 5.97. The van der Waals surface area contributed by atoms with E-state index in [2.05, 4.69) is 51.5 Å². The summed E-state index contributed by atoms with van der Waals surface area (Å²) >= 11 is 0. The van der Waals surface area contributed by atoms with E-state index in [0.29, 0.717) is 0 Å². The maximum atomic E-state index is 4.45. The summed E-state index contributed by atoms with van der Waals surface area (Å²) in [5, 5.41) is 9.33. The van der Waals surface area contributed by atoms with Crippen LogP contribution in [0.5, 0.6) is 0 Å². The average Bonchev–Trinajstić information content (AvgIpc) is 3.11. The van der Waals surface area contributed by atoms with Crippen molar-refractivity contribution in [2.24, 2.45) is 7.05 Å². The van der Waals surface area contributed by atoms with Crippen molar-refractivity contribution in [3.63, 3.8) is 0 Å². The van der Waals surface area contributed by atoms with Crippen molar-refractivity contribution in [2.45, 2.75) is 32.0 Å². The summed E-state index contributed by atoms with van der Waals surface area (Å²) in [6.07, 6.45) is 6.81. The van der Waals surface area contributed by atoms with Crippen LogP contribution in [0.3, 0.4) is 0 Å². The molecule has 0 spiro atoms. The summed E-state index contributed by atoms with van der Waals surface area (Å²) in [5.74, 6) is 0. The monoisotopic (exact) mass is 280 g/mol.